The van der Waals surface area contributed by atoms with Crippen LogP contribution in [0.1, 0.15) is 67.1 Å². The highest BCUT2D eigenvalue weighted by atomic mass is 32.1. The highest BCUT2D eigenvalue weighted by Crippen LogP contribution is 2.23. The summed E-state index contributed by atoms with van der Waals surface area (Å²) >= 11 is 1.19. The Labute approximate surface area is 234 Å². The van der Waals surface area contributed by atoms with Crippen molar-refractivity contribution in [3.63, 3.8) is 0 Å². The van der Waals surface area contributed by atoms with Crippen molar-refractivity contribution in [2.45, 2.75) is 71.1 Å². The van der Waals surface area contributed by atoms with Crippen LogP contribution in [0.5, 0.6) is 0 Å². The number of Topliss-reactive ketones (excluding diaryl/α,β-unsaturated/α-hetero) is 1. The molecule has 1 aromatic carbocycles. The molecule has 210 valence electrons. The Bertz CT molecular complexity index is 1180. The number of aliphatic hydroxyl groups is 1. The van der Waals surface area contributed by atoms with Gasteiger partial charge in [0, 0.05) is 24.4 Å². The maximum atomic E-state index is 13.5. The van der Waals surface area contributed by atoms with Gasteiger partial charge in [-0.1, -0.05) is 43.3 Å². The van der Waals surface area contributed by atoms with Gasteiger partial charge in [0.2, 0.25) is 5.91 Å². The number of piperidine rings is 1. The van der Waals surface area contributed by atoms with Crippen molar-refractivity contribution >= 4 is 41.0 Å². The lowest BCUT2D eigenvalue weighted by Crippen LogP contribution is -2.57. The Balaban J connectivity index is 1.75. The standard InChI is InChI=1S/C30H38N2O6S/c1-20(19-33)13-14-22-15-16-25(39-22)26(34)28(36)32-17-9-8-12-24(32)27(35)31-23(29(37)38-30(2,3)4)18-21-10-6-5-7-11-21/h5-7,10-11,13-16,20,23-24,33H,8-9,12,17-19H2,1-4H3,(H,31,35)/b14-13+/t20-,23+,24+/m1/s1. The summed E-state index contributed by atoms with van der Waals surface area (Å²) in [5.41, 5.74) is 0.123. The molecule has 2 N–H and O–H groups in total. The summed E-state index contributed by atoms with van der Waals surface area (Å²) < 4.78 is 5.57. The minimum absolute atomic E-state index is 0.0185. The van der Waals surface area contributed by atoms with Crippen molar-refractivity contribution in [1.29, 1.82) is 0 Å². The SMILES string of the molecule is C[C@H](/C=C/c1ccc(C(=O)C(=O)N2CCCC[C@H]2C(=O)N[C@@H](Cc2ccccc2)C(=O)OC(C)(C)C)s1)CO. The molecule has 3 atom stereocenters. The van der Waals surface area contributed by atoms with Crippen LogP contribution in [-0.4, -0.2) is 64.4 Å². The number of esters is 1. The molecule has 1 fully saturated rings. The molecule has 3 rings (SSSR count). The molecule has 9 heteroatoms. The van der Waals surface area contributed by atoms with Crippen LogP contribution in [0.3, 0.4) is 0 Å². The van der Waals surface area contributed by atoms with Gasteiger partial charge in [-0.15, -0.1) is 11.3 Å². The third-order valence-corrected chi connectivity index (χ3v) is 7.33. The normalized spacial score (nSPS) is 17.5. The highest BCUT2D eigenvalue weighted by molar-refractivity contribution is 7.15. The molecule has 1 aliphatic heterocycles. The number of hydrogen-bond donors (Lipinski definition) is 2. The van der Waals surface area contributed by atoms with Gasteiger partial charge in [0.1, 0.15) is 17.7 Å². The van der Waals surface area contributed by atoms with Crippen molar-refractivity contribution in [1.82, 2.24) is 10.2 Å². The van der Waals surface area contributed by atoms with Crippen molar-refractivity contribution in [2.24, 2.45) is 5.92 Å². The van der Waals surface area contributed by atoms with Crippen molar-refractivity contribution < 1.29 is 29.0 Å². The quantitative estimate of drug-likeness (QED) is 0.261. The zero-order valence-electron chi connectivity index (χ0n) is 23.0. The van der Waals surface area contributed by atoms with E-state index in [2.05, 4.69) is 5.32 Å². The molecular formula is C30H38N2O6S. The molecule has 0 saturated carbocycles. The monoisotopic (exact) mass is 554 g/mol. The molecule has 8 nitrogen and oxygen atoms in total. The van der Waals surface area contributed by atoms with Crippen LogP contribution in [0.15, 0.2) is 48.5 Å². The second-order valence-electron chi connectivity index (χ2n) is 10.8. The zero-order chi connectivity index (χ0) is 28.6. The summed E-state index contributed by atoms with van der Waals surface area (Å²) in [5, 5.41) is 12.0. The lowest BCUT2D eigenvalue weighted by atomic mass is 9.99. The first-order valence-corrected chi connectivity index (χ1v) is 14.1. The number of nitrogens with one attached hydrogen (secondary N) is 1. The Hall–Kier alpha value is -3.30. The number of aliphatic hydroxyl groups excluding tert-OH is 1. The number of nitrogens with zero attached hydrogens (tertiary/aromatic N) is 1. The van der Waals surface area contributed by atoms with Gasteiger partial charge in [-0.25, -0.2) is 4.79 Å². The summed E-state index contributed by atoms with van der Waals surface area (Å²) in [6.45, 7) is 7.46. The van der Waals surface area contributed by atoms with Crippen LogP contribution in [0.4, 0.5) is 0 Å². The molecule has 39 heavy (non-hydrogen) atoms. The first-order chi connectivity index (χ1) is 18.5. The number of amides is 2. The lowest BCUT2D eigenvalue weighted by molar-refractivity contribution is -0.159. The number of benzene rings is 1. The minimum atomic E-state index is -0.943. The summed E-state index contributed by atoms with van der Waals surface area (Å²) in [4.78, 5) is 55.3. The van der Waals surface area contributed by atoms with E-state index >= 15 is 0 Å². The number of ether oxygens (including phenoxy) is 1. The number of rotatable bonds is 10. The average molecular weight is 555 g/mol. The summed E-state index contributed by atoms with van der Waals surface area (Å²) in [6, 6.07) is 10.9. The van der Waals surface area contributed by atoms with E-state index in [1.165, 1.54) is 16.2 Å². The summed E-state index contributed by atoms with van der Waals surface area (Å²) in [7, 11) is 0. The first-order valence-electron chi connectivity index (χ1n) is 13.3. The van der Waals surface area contributed by atoms with E-state index in [-0.39, 0.29) is 30.4 Å². The van der Waals surface area contributed by atoms with E-state index in [4.69, 9.17) is 4.74 Å². The molecule has 0 aliphatic carbocycles. The van der Waals surface area contributed by atoms with Gasteiger partial charge in [-0.05, 0) is 69.7 Å². The lowest BCUT2D eigenvalue weighted by Gasteiger charge is -2.35. The van der Waals surface area contributed by atoms with Gasteiger partial charge in [0.25, 0.3) is 11.7 Å². The molecule has 1 aromatic heterocycles. The predicted octanol–water partition coefficient (Wildman–Crippen LogP) is 4.02. The molecular weight excluding hydrogens is 516 g/mol. The average Bonchev–Trinajstić information content (AvgIpc) is 3.39. The van der Waals surface area contributed by atoms with E-state index in [0.717, 1.165) is 16.9 Å². The van der Waals surface area contributed by atoms with Gasteiger partial charge >= 0.3 is 5.97 Å². The zero-order valence-corrected chi connectivity index (χ0v) is 23.8. The number of carbonyl (C=O) groups excluding carboxylic acids is 4. The smallest absolute Gasteiger partial charge is 0.329 e. The van der Waals surface area contributed by atoms with Gasteiger partial charge in [0.15, 0.2) is 0 Å². The van der Waals surface area contributed by atoms with Crippen LogP contribution in [0.2, 0.25) is 0 Å². The third kappa shape index (κ3) is 8.86. The van der Waals surface area contributed by atoms with Gasteiger partial charge < -0.3 is 20.1 Å². The molecule has 2 aromatic rings. The number of ketones is 1. The fourth-order valence-electron chi connectivity index (χ4n) is 4.25. The second kappa shape index (κ2) is 13.7. The molecule has 2 heterocycles. The Morgan fingerprint density at radius 2 is 1.85 bits per heavy atom. The minimum Gasteiger partial charge on any atom is -0.458 e. The van der Waals surface area contributed by atoms with Crippen molar-refractivity contribution in [3.05, 3.63) is 63.9 Å². The second-order valence-corrected chi connectivity index (χ2v) is 12.0. The maximum absolute atomic E-state index is 13.5. The summed E-state index contributed by atoms with van der Waals surface area (Å²) in [5.74, 6) is -2.45. The molecule has 0 unspecified atom stereocenters. The highest BCUT2D eigenvalue weighted by Gasteiger charge is 2.38. The molecule has 0 radical (unpaired) electrons. The van der Waals surface area contributed by atoms with E-state index in [9.17, 15) is 24.3 Å². The fourth-order valence-corrected chi connectivity index (χ4v) is 5.10. The van der Waals surface area contributed by atoms with Crippen LogP contribution in [-0.2, 0) is 25.5 Å². The van der Waals surface area contributed by atoms with E-state index in [1.54, 1.807) is 32.9 Å². The number of hydrogen-bond acceptors (Lipinski definition) is 7. The van der Waals surface area contributed by atoms with Crippen LogP contribution >= 0.6 is 11.3 Å². The fraction of sp³-hybridized carbons (Fsp3) is 0.467. The van der Waals surface area contributed by atoms with Gasteiger partial charge in [-0.2, -0.15) is 0 Å². The van der Waals surface area contributed by atoms with E-state index < -0.39 is 41.3 Å². The molecule has 0 spiro atoms. The van der Waals surface area contributed by atoms with E-state index in [0.29, 0.717) is 12.8 Å². The van der Waals surface area contributed by atoms with Crippen LogP contribution < -0.4 is 5.32 Å². The Kier molecular flexibility index (Phi) is 10.6. The largest absolute Gasteiger partial charge is 0.458 e. The van der Waals surface area contributed by atoms with Crippen molar-refractivity contribution in [3.8, 4) is 0 Å². The number of carbonyl (C=O) groups is 4. The van der Waals surface area contributed by atoms with Crippen LogP contribution in [0.25, 0.3) is 6.08 Å². The molecule has 2 amide bonds. The van der Waals surface area contributed by atoms with E-state index in [1.807, 2.05) is 49.4 Å². The summed E-state index contributed by atoms with van der Waals surface area (Å²) in [6.07, 6.45) is 5.69. The first kappa shape index (κ1) is 30.2. The Morgan fingerprint density at radius 3 is 2.51 bits per heavy atom. The number of likely N-dealkylation sites (tertiary alicyclic amines) is 1. The molecule has 1 aliphatic rings. The maximum Gasteiger partial charge on any atom is 0.329 e. The van der Waals surface area contributed by atoms with Crippen LogP contribution in [0, 0.1) is 5.92 Å². The third-order valence-electron chi connectivity index (χ3n) is 6.28. The van der Waals surface area contributed by atoms with Gasteiger partial charge in [0.05, 0.1) is 4.88 Å². The predicted molar refractivity (Wildman–Crippen MR) is 151 cm³/mol. The number of thiophene rings is 1. The molecule has 0 bridgehead atoms. The van der Waals surface area contributed by atoms with Gasteiger partial charge in [-0.3, -0.25) is 14.4 Å². The van der Waals surface area contributed by atoms with Crippen molar-refractivity contribution in [2.75, 3.05) is 13.2 Å². The molecule has 1 saturated heterocycles. The Morgan fingerprint density at radius 1 is 1.13 bits per heavy atom. The topological polar surface area (TPSA) is 113 Å².